The highest BCUT2D eigenvalue weighted by Crippen LogP contribution is 2.37. The van der Waals surface area contributed by atoms with Crippen molar-refractivity contribution in [3.8, 4) is 5.75 Å². The number of phenols is 1. The average molecular weight is 192 g/mol. The molecule has 1 saturated carbocycles. The summed E-state index contributed by atoms with van der Waals surface area (Å²) in [4.78, 5) is 0. The van der Waals surface area contributed by atoms with E-state index >= 15 is 0 Å². The summed E-state index contributed by atoms with van der Waals surface area (Å²) in [6, 6.07) is 5.30. The Morgan fingerprint density at radius 3 is 2.71 bits per heavy atom. The SMILES string of the molecule is Nc1ccc([C@@H](N)CC2CC2)cc1O. The van der Waals surface area contributed by atoms with E-state index in [1.54, 1.807) is 12.1 Å². The quantitative estimate of drug-likeness (QED) is 0.505. The topological polar surface area (TPSA) is 72.3 Å². The molecule has 5 N–H and O–H groups in total. The highest BCUT2D eigenvalue weighted by molar-refractivity contribution is 5.53. The molecule has 0 radical (unpaired) electrons. The Kier molecular flexibility index (Phi) is 2.33. The molecule has 14 heavy (non-hydrogen) atoms. The predicted molar refractivity (Wildman–Crippen MR) is 56.8 cm³/mol. The van der Waals surface area contributed by atoms with E-state index in [2.05, 4.69) is 0 Å². The van der Waals surface area contributed by atoms with Gasteiger partial charge in [-0.1, -0.05) is 18.9 Å². The van der Waals surface area contributed by atoms with E-state index in [0.717, 1.165) is 17.9 Å². The van der Waals surface area contributed by atoms with Crippen LogP contribution in [0.4, 0.5) is 5.69 Å². The predicted octanol–water partition coefficient (Wildman–Crippen LogP) is 1.77. The lowest BCUT2D eigenvalue weighted by atomic mass is 10.0. The number of rotatable bonds is 3. The maximum absolute atomic E-state index is 9.42. The first-order valence-corrected chi connectivity index (χ1v) is 5.01. The van der Waals surface area contributed by atoms with Gasteiger partial charge >= 0.3 is 0 Å². The van der Waals surface area contributed by atoms with Crippen molar-refractivity contribution in [3.63, 3.8) is 0 Å². The van der Waals surface area contributed by atoms with Crippen LogP contribution in [0.1, 0.15) is 30.9 Å². The third-order valence-corrected chi connectivity index (χ3v) is 2.77. The maximum Gasteiger partial charge on any atom is 0.138 e. The van der Waals surface area contributed by atoms with Gasteiger partial charge in [-0.15, -0.1) is 0 Å². The summed E-state index contributed by atoms with van der Waals surface area (Å²) in [6.07, 6.45) is 3.62. The fraction of sp³-hybridized carbons (Fsp3) is 0.455. The average Bonchev–Trinajstić information content (AvgIpc) is 2.93. The maximum atomic E-state index is 9.42. The van der Waals surface area contributed by atoms with E-state index in [1.807, 2.05) is 6.07 Å². The first-order valence-electron chi connectivity index (χ1n) is 5.01. The van der Waals surface area contributed by atoms with Crippen LogP contribution in [-0.2, 0) is 0 Å². The zero-order chi connectivity index (χ0) is 10.1. The monoisotopic (exact) mass is 192 g/mol. The lowest BCUT2D eigenvalue weighted by molar-refractivity contribution is 0.475. The number of aromatic hydroxyl groups is 1. The molecule has 1 aromatic carbocycles. The summed E-state index contributed by atoms with van der Waals surface area (Å²) in [6.45, 7) is 0. The second kappa shape index (κ2) is 3.50. The molecule has 1 aliphatic rings. The van der Waals surface area contributed by atoms with Crippen LogP contribution >= 0.6 is 0 Å². The van der Waals surface area contributed by atoms with Gasteiger partial charge < -0.3 is 16.6 Å². The molecule has 0 heterocycles. The standard InChI is InChI=1S/C11H16N2O/c12-9-4-3-8(6-11(9)14)10(13)5-7-1-2-7/h3-4,6-7,10,14H,1-2,5,12-13H2/t10-/m0/s1. The minimum Gasteiger partial charge on any atom is -0.506 e. The molecule has 0 bridgehead atoms. The first-order chi connectivity index (χ1) is 6.66. The zero-order valence-corrected chi connectivity index (χ0v) is 8.11. The van der Waals surface area contributed by atoms with Crippen molar-refractivity contribution < 1.29 is 5.11 Å². The van der Waals surface area contributed by atoms with Crippen LogP contribution in [-0.4, -0.2) is 5.11 Å². The Bertz CT molecular complexity index is 334. The number of anilines is 1. The summed E-state index contributed by atoms with van der Waals surface area (Å²) in [5, 5.41) is 9.42. The van der Waals surface area contributed by atoms with Crippen molar-refractivity contribution in [2.75, 3.05) is 5.73 Å². The number of hydrogen-bond acceptors (Lipinski definition) is 3. The molecule has 1 atom stereocenters. The van der Waals surface area contributed by atoms with E-state index in [4.69, 9.17) is 11.5 Å². The van der Waals surface area contributed by atoms with E-state index in [1.165, 1.54) is 12.8 Å². The van der Waals surface area contributed by atoms with Crippen LogP contribution < -0.4 is 11.5 Å². The van der Waals surface area contributed by atoms with Crippen LogP contribution in [0, 0.1) is 5.92 Å². The number of phenolic OH excluding ortho intramolecular Hbond substituents is 1. The van der Waals surface area contributed by atoms with E-state index < -0.39 is 0 Å². The highest BCUT2D eigenvalue weighted by atomic mass is 16.3. The molecule has 3 heteroatoms. The second-order valence-corrected chi connectivity index (χ2v) is 4.10. The molecule has 0 unspecified atom stereocenters. The number of benzene rings is 1. The van der Waals surface area contributed by atoms with Gasteiger partial charge in [-0.2, -0.15) is 0 Å². The molecule has 0 saturated heterocycles. The summed E-state index contributed by atoms with van der Waals surface area (Å²) >= 11 is 0. The number of nitrogen functional groups attached to an aromatic ring is 1. The molecular formula is C11H16N2O. The summed E-state index contributed by atoms with van der Waals surface area (Å²) in [5.41, 5.74) is 12.9. The Hall–Kier alpha value is -1.22. The Morgan fingerprint density at radius 1 is 1.43 bits per heavy atom. The molecule has 0 spiro atoms. The van der Waals surface area contributed by atoms with Crippen molar-refractivity contribution in [3.05, 3.63) is 23.8 Å². The van der Waals surface area contributed by atoms with Gasteiger partial charge in [0.05, 0.1) is 5.69 Å². The van der Waals surface area contributed by atoms with Crippen molar-refractivity contribution in [1.29, 1.82) is 0 Å². The smallest absolute Gasteiger partial charge is 0.138 e. The number of nitrogens with two attached hydrogens (primary N) is 2. The highest BCUT2D eigenvalue weighted by Gasteiger charge is 2.24. The van der Waals surface area contributed by atoms with Gasteiger partial charge in [0.2, 0.25) is 0 Å². The van der Waals surface area contributed by atoms with E-state index in [9.17, 15) is 5.11 Å². The van der Waals surface area contributed by atoms with E-state index in [0.29, 0.717) is 5.69 Å². The van der Waals surface area contributed by atoms with Crippen molar-refractivity contribution >= 4 is 5.69 Å². The van der Waals surface area contributed by atoms with Gasteiger partial charge in [0.25, 0.3) is 0 Å². The van der Waals surface area contributed by atoms with Crippen LogP contribution in [0.25, 0.3) is 0 Å². The zero-order valence-electron chi connectivity index (χ0n) is 8.11. The van der Waals surface area contributed by atoms with Gasteiger partial charge in [0.15, 0.2) is 0 Å². The van der Waals surface area contributed by atoms with Gasteiger partial charge in [0.1, 0.15) is 5.75 Å². The lowest BCUT2D eigenvalue weighted by Gasteiger charge is -2.12. The lowest BCUT2D eigenvalue weighted by Crippen LogP contribution is -2.10. The summed E-state index contributed by atoms with van der Waals surface area (Å²) in [5.74, 6) is 0.929. The van der Waals surface area contributed by atoms with Crippen LogP contribution in [0.5, 0.6) is 5.75 Å². The molecule has 3 nitrogen and oxygen atoms in total. The van der Waals surface area contributed by atoms with Gasteiger partial charge in [-0.25, -0.2) is 0 Å². The third kappa shape index (κ3) is 1.99. The molecule has 1 fully saturated rings. The Balaban J connectivity index is 2.10. The third-order valence-electron chi connectivity index (χ3n) is 2.77. The largest absolute Gasteiger partial charge is 0.506 e. The fourth-order valence-corrected chi connectivity index (χ4v) is 1.64. The summed E-state index contributed by atoms with van der Waals surface area (Å²) < 4.78 is 0. The minimum atomic E-state index is 0.0361. The Labute approximate surface area is 83.7 Å². The minimum absolute atomic E-state index is 0.0361. The van der Waals surface area contributed by atoms with Crippen molar-refractivity contribution in [1.82, 2.24) is 0 Å². The normalized spacial score (nSPS) is 18.1. The first kappa shape index (κ1) is 9.34. The molecule has 0 aliphatic heterocycles. The molecule has 0 amide bonds. The molecule has 0 aromatic heterocycles. The van der Waals surface area contributed by atoms with Crippen LogP contribution in [0.3, 0.4) is 0 Å². The molecule has 1 aromatic rings. The molecule has 2 rings (SSSR count). The molecular weight excluding hydrogens is 176 g/mol. The number of hydrogen-bond donors (Lipinski definition) is 3. The van der Waals surface area contributed by atoms with Gasteiger partial charge in [0, 0.05) is 6.04 Å². The molecule has 76 valence electrons. The van der Waals surface area contributed by atoms with Crippen molar-refractivity contribution in [2.45, 2.75) is 25.3 Å². The molecule has 1 aliphatic carbocycles. The van der Waals surface area contributed by atoms with Crippen molar-refractivity contribution in [2.24, 2.45) is 11.7 Å². The van der Waals surface area contributed by atoms with Crippen LogP contribution in [0.2, 0.25) is 0 Å². The fourth-order valence-electron chi connectivity index (χ4n) is 1.64. The summed E-state index contributed by atoms with van der Waals surface area (Å²) in [7, 11) is 0. The second-order valence-electron chi connectivity index (χ2n) is 4.10. The van der Waals surface area contributed by atoms with Gasteiger partial charge in [-0.3, -0.25) is 0 Å². The van der Waals surface area contributed by atoms with Crippen LogP contribution in [0.15, 0.2) is 18.2 Å². The Morgan fingerprint density at radius 2 is 2.14 bits per heavy atom. The van der Waals surface area contributed by atoms with E-state index in [-0.39, 0.29) is 11.8 Å². The van der Waals surface area contributed by atoms with Gasteiger partial charge in [-0.05, 0) is 30.0 Å².